The molecular formula is C28H31N7. The van der Waals surface area contributed by atoms with E-state index >= 15 is 0 Å². The number of piperidine rings is 1. The second-order valence-electron chi connectivity index (χ2n) is 10.7. The van der Waals surface area contributed by atoms with Crippen LogP contribution in [0.15, 0.2) is 43.0 Å². The predicted octanol–water partition coefficient (Wildman–Crippen LogP) is 4.52. The minimum absolute atomic E-state index is 0.0637. The summed E-state index contributed by atoms with van der Waals surface area (Å²) in [6.45, 7) is 6.06. The number of nitrogens with zero attached hydrogens (tertiary/aromatic N) is 6. The Balaban J connectivity index is 1.19. The molecule has 7 rings (SSSR count). The van der Waals surface area contributed by atoms with Crippen molar-refractivity contribution in [2.24, 2.45) is 11.1 Å². The van der Waals surface area contributed by atoms with Crippen LogP contribution in [-0.2, 0) is 6.42 Å². The van der Waals surface area contributed by atoms with Crippen molar-refractivity contribution in [1.29, 1.82) is 0 Å². The van der Waals surface area contributed by atoms with Crippen LogP contribution in [0, 0.1) is 19.3 Å². The van der Waals surface area contributed by atoms with Crippen molar-refractivity contribution in [3.63, 3.8) is 0 Å². The number of hydrogen-bond donors (Lipinski definition) is 1. The van der Waals surface area contributed by atoms with Gasteiger partial charge in [-0.3, -0.25) is 14.4 Å². The van der Waals surface area contributed by atoms with Crippen molar-refractivity contribution in [3.05, 3.63) is 71.2 Å². The van der Waals surface area contributed by atoms with Crippen LogP contribution in [0.1, 0.15) is 65.9 Å². The summed E-state index contributed by atoms with van der Waals surface area (Å²) in [5, 5.41) is 0. The Kier molecular flexibility index (Phi) is 4.55. The average Bonchev–Trinajstić information content (AvgIpc) is 3.55. The van der Waals surface area contributed by atoms with Gasteiger partial charge < -0.3 is 10.6 Å². The molecule has 1 aliphatic heterocycles. The monoisotopic (exact) mass is 465 g/mol. The van der Waals surface area contributed by atoms with Crippen molar-refractivity contribution >= 4 is 11.3 Å². The molecule has 0 bridgehead atoms. The van der Waals surface area contributed by atoms with Crippen LogP contribution in [0.3, 0.4) is 0 Å². The first-order valence-corrected chi connectivity index (χ1v) is 12.8. The fourth-order valence-electron chi connectivity index (χ4n) is 6.49. The van der Waals surface area contributed by atoms with Gasteiger partial charge in [0.2, 0.25) is 0 Å². The first kappa shape index (κ1) is 21.0. The maximum absolute atomic E-state index is 6.81. The number of anilines is 1. The van der Waals surface area contributed by atoms with Crippen LogP contribution in [0.4, 0.5) is 5.82 Å². The minimum atomic E-state index is 0.0637. The molecule has 0 aromatic carbocycles. The van der Waals surface area contributed by atoms with E-state index in [4.69, 9.17) is 20.7 Å². The highest BCUT2D eigenvalue weighted by Gasteiger charge is 2.47. The van der Waals surface area contributed by atoms with E-state index in [9.17, 15) is 0 Å². The van der Waals surface area contributed by atoms with E-state index in [0.29, 0.717) is 5.92 Å². The summed E-state index contributed by atoms with van der Waals surface area (Å²) in [5.74, 6) is 2.61. The van der Waals surface area contributed by atoms with E-state index in [1.807, 2.05) is 24.8 Å². The predicted molar refractivity (Wildman–Crippen MR) is 136 cm³/mol. The molecular weight excluding hydrogens is 434 g/mol. The Morgan fingerprint density at radius 1 is 1.00 bits per heavy atom. The molecule has 178 valence electrons. The van der Waals surface area contributed by atoms with Gasteiger partial charge in [-0.25, -0.2) is 9.97 Å². The lowest BCUT2D eigenvalue weighted by Crippen LogP contribution is -2.44. The van der Waals surface area contributed by atoms with Gasteiger partial charge >= 0.3 is 0 Å². The summed E-state index contributed by atoms with van der Waals surface area (Å²) >= 11 is 0. The highest BCUT2D eigenvalue weighted by molar-refractivity contribution is 5.74. The molecule has 2 N–H and O–H groups in total. The van der Waals surface area contributed by atoms with E-state index in [0.717, 1.165) is 60.9 Å². The molecule has 4 aromatic heterocycles. The number of nitrogens with two attached hydrogens (primary N) is 1. The third kappa shape index (κ3) is 3.21. The van der Waals surface area contributed by atoms with Gasteiger partial charge in [0.15, 0.2) is 5.82 Å². The summed E-state index contributed by atoms with van der Waals surface area (Å²) in [7, 11) is 0. The molecule has 5 heterocycles. The molecule has 0 radical (unpaired) electrons. The summed E-state index contributed by atoms with van der Waals surface area (Å²) in [6.07, 6.45) is 13.4. The molecule has 2 aliphatic carbocycles. The van der Waals surface area contributed by atoms with Crippen LogP contribution < -0.4 is 10.6 Å². The Morgan fingerprint density at radius 3 is 2.63 bits per heavy atom. The zero-order valence-electron chi connectivity index (χ0n) is 20.4. The maximum Gasteiger partial charge on any atom is 0.154 e. The highest BCUT2D eigenvalue weighted by atomic mass is 15.2. The smallest absolute Gasteiger partial charge is 0.154 e. The van der Waals surface area contributed by atoms with Crippen molar-refractivity contribution in [1.82, 2.24) is 24.3 Å². The van der Waals surface area contributed by atoms with Gasteiger partial charge in [-0.2, -0.15) is 0 Å². The van der Waals surface area contributed by atoms with Crippen molar-refractivity contribution in [2.45, 2.75) is 57.9 Å². The summed E-state index contributed by atoms with van der Waals surface area (Å²) in [4.78, 5) is 21.5. The van der Waals surface area contributed by atoms with E-state index in [1.54, 1.807) is 0 Å². The molecule has 7 nitrogen and oxygen atoms in total. The number of imidazole rings is 1. The SMILES string of the molecule is Cc1ccc2c(n1)CC1(CCN(c3nccn4c(-c5ccnc(C)c5C5CC5)ncc34)CC1)C2N. The molecule has 1 spiro atoms. The van der Waals surface area contributed by atoms with Crippen molar-refractivity contribution < 1.29 is 0 Å². The molecule has 0 amide bonds. The molecule has 1 saturated heterocycles. The lowest BCUT2D eigenvalue weighted by molar-refractivity contribution is 0.187. The maximum atomic E-state index is 6.81. The Bertz CT molecular complexity index is 1440. The molecule has 1 saturated carbocycles. The normalized spacial score (nSPS) is 21.1. The average molecular weight is 466 g/mol. The molecule has 4 aromatic rings. The second kappa shape index (κ2) is 7.59. The van der Waals surface area contributed by atoms with Crippen molar-refractivity contribution in [3.8, 4) is 11.4 Å². The zero-order chi connectivity index (χ0) is 23.7. The van der Waals surface area contributed by atoms with Gasteiger partial charge in [-0.15, -0.1) is 0 Å². The third-order valence-corrected chi connectivity index (χ3v) is 8.58. The van der Waals surface area contributed by atoms with Crippen LogP contribution in [-0.4, -0.2) is 37.4 Å². The lowest BCUT2D eigenvalue weighted by Gasteiger charge is -2.42. The first-order chi connectivity index (χ1) is 17.0. The molecule has 1 unspecified atom stereocenters. The Labute approximate surface area is 205 Å². The van der Waals surface area contributed by atoms with Gasteiger partial charge in [0.1, 0.15) is 11.3 Å². The summed E-state index contributed by atoms with van der Waals surface area (Å²) in [6, 6.07) is 6.47. The van der Waals surface area contributed by atoms with Crippen LogP contribution >= 0.6 is 0 Å². The number of aryl methyl sites for hydroxylation is 2. The van der Waals surface area contributed by atoms with Crippen molar-refractivity contribution in [2.75, 3.05) is 18.0 Å². The van der Waals surface area contributed by atoms with E-state index in [1.165, 1.54) is 35.2 Å². The topological polar surface area (TPSA) is 85.2 Å². The van der Waals surface area contributed by atoms with E-state index in [-0.39, 0.29) is 11.5 Å². The van der Waals surface area contributed by atoms with Gasteiger partial charge in [0, 0.05) is 60.4 Å². The van der Waals surface area contributed by atoms with Gasteiger partial charge in [0.05, 0.1) is 6.20 Å². The number of pyridine rings is 2. The Morgan fingerprint density at radius 2 is 1.83 bits per heavy atom. The van der Waals surface area contributed by atoms with Crippen LogP contribution in [0.5, 0.6) is 0 Å². The van der Waals surface area contributed by atoms with Crippen LogP contribution in [0.25, 0.3) is 16.9 Å². The molecule has 1 atom stereocenters. The van der Waals surface area contributed by atoms with Crippen LogP contribution in [0.2, 0.25) is 0 Å². The molecule has 3 aliphatic rings. The fraction of sp³-hybridized carbons (Fsp3) is 0.429. The number of aromatic nitrogens is 5. The quantitative estimate of drug-likeness (QED) is 0.479. The fourth-order valence-corrected chi connectivity index (χ4v) is 6.49. The standard InChI is InChI=1S/C28H31N7/c1-17-3-6-20-22(33-17)15-28(25(20)29)8-12-34(13-9-28)27-23-16-32-26(35(23)14-11-31-27)21-7-10-30-18(2)24(21)19-4-5-19/h3,6-7,10-11,14,16,19,25H,4-5,8-9,12-13,15,29H2,1-2H3. The molecule has 35 heavy (non-hydrogen) atoms. The van der Waals surface area contributed by atoms with Gasteiger partial charge in [-0.1, -0.05) is 6.07 Å². The van der Waals surface area contributed by atoms with Gasteiger partial charge in [-0.05, 0) is 80.5 Å². The second-order valence-corrected chi connectivity index (χ2v) is 10.7. The van der Waals surface area contributed by atoms with E-state index in [2.05, 4.69) is 46.3 Å². The zero-order valence-corrected chi connectivity index (χ0v) is 20.4. The minimum Gasteiger partial charge on any atom is -0.355 e. The summed E-state index contributed by atoms with van der Waals surface area (Å²) in [5.41, 5.74) is 15.2. The largest absolute Gasteiger partial charge is 0.355 e. The third-order valence-electron chi connectivity index (χ3n) is 8.58. The molecule has 7 heteroatoms. The highest BCUT2D eigenvalue weighted by Crippen LogP contribution is 2.51. The Hall–Kier alpha value is -3.32. The summed E-state index contributed by atoms with van der Waals surface area (Å²) < 4.78 is 2.21. The number of fused-ring (bicyclic) bond motifs is 2. The van der Waals surface area contributed by atoms with E-state index < -0.39 is 0 Å². The lowest BCUT2D eigenvalue weighted by atomic mass is 9.73. The first-order valence-electron chi connectivity index (χ1n) is 12.8. The number of hydrogen-bond acceptors (Lipinski definition) is 6. The number of rotatable bonds is 3. The molecule has 2 fully saturated rings. The van der Waals surface area contributed by atoms with Gasteiger partial charge in [0.25, 0.3) is 0 Å².